The molecule has 1 aromatic heterocycles. The zero-order valence-electron chi connectivity index (χ0n) is 9.82. The lowest BCUT2D eigenvalue weighted by atomic mass is 10.1. The molecule has 0 atom stereocenters. The maximum Gasteiger partial charge on any atom is 0.251 e. The number of aromatic amines is 1. The number of carbonyl (C=O) groups excluding carboxylic acids is 1. The van der Waals surface area contributed by atoms with Gasteiger partial charge in [-0.1, -0.05) is 6.07 Å². The highest BCUT2D eigenvalue weighted by Gasteiger charge is 2.06. The smallest absolute Gasteiger partial charge is 0.251 e. The van der Waals surface area contributed by atoms with Crippen molar-refractivity contribution in [2.45, 2.75) is 20.4 Å². The maximum absolute atomic E-state index is 11.8. The summed E-state index contributed by atoms with van der Waals surface area (Å²) in [4.78, 5) is 15.8. The molecule has 0 radical (unpaired) electrons. The fourth-order valence-electron chi connectivity index (χ4n) is 1.46. The third kappa shape index (κ3) is 2.69. The van der Waals surface area contributed by atoms with Crippen LogP contribution in [0.5, 0.6) is 0 Å². The van der Waals surface area contributed by atoms with Crippen LogP contribution < -0.4 is 5.32 Å². The number of aromatic nitrogens is 3. The van der Waals surface area contributed by atoms with Gasteiger partial charge in [0.2, 0.25) is 0 Å². The average molecular weight is 230 g/mol. The van der Waals surface area contributed by atoms with Gasteiger partial charge in [0.25, 0.3) is 5.91 Å². The molecule has 2 N–H and O–H groups in total. The molecule has 2 aromatic rings. The van der Waals surface area contributed by atoms with E-state index in [0.717, 1.165) is 5.56 Å². The lowest BCUT2D eigenvalue weighted by Gasteiger charge is -2.05. The fourth-order valence-corrected chi connectivity index (χ4v) is 1.46. The first kappa shape index (κ1) is 11.3. The molecule has 0 saturated heterocycles. The van der Waals surface area contributed by atoms with Crippen LogP contribution in [-0.4, -0.2) is 21.1 Å². The van der Waals surface area contributed by atoms with Crippen LogP contribution >= 0.6 is 0 Å². The fraction of sp³-hybridized carbons (Fsp3) is 0.250. The summed E-state index contributed by atoms with van der Waals surface area (Å²) in [5, 5.41) is 9.18. The molecular weight excluding hydrogens is 216 g/mol. The predicted molar refractivity (Wildman–Crippen MR) is 63.5 cm³/mol. The number of hydrogen-bond acceptors (Lipinski definition) is 3. The largest absolute Gasteiger partial charge is 0.345 e. The Bertz CT molecular complexity index is 519. The van der Waals surface area contributed by atoms with E-state index in [9.17, 15) is 4.79 Å². The molecule has 5 heteroatoms. The zero-order chi connectivity index (χ0) is 12.3. The van der Waals surface area contributed by atoms with Crippen molar-refractivity contribution in [3.05, 3.63) is 47.0 Å². The van der Waals surface area contributed by atoms with E-state index in [4.69, 9.17) is 0 Å². The number of hydrogen-bond donors (Lipinski definition) is 2. The van der Waals surface area contributed by atoms with Crippen molar-refractivity contribution in [3.8, 4) is 0 Å². The van der Waals surface area contributed by atoms with E-state index in [1.54, 1.807) is 0 Å². The molecule has 5 nitrogen and oxygen atoms in total. The summed E-state index contributed by atoms with van der Waals surface area (Å²) in [7, 11) is 0. The second-order valence-electron chi connectivity index (χ2n) is 3.91. The zero-order valence-corrected chi connectivity index (χ0v) is 9.82. The standard InChI is InChI=1S/C12H14N4O/c1-8-3-4-10(5-9(8)2)12(17)13-6-11-14-7-15-16-11/h3-5,7H,6H2,1-2H3,(H,13,17)(H,14,15,16). The van der Waals surface area contributed by atoms with Gasteiger partial charge in [-0.25, -0.2) is 4.98 Å². The summed E-state index contributed by atoms with van der Waals surface area (Å²) in [6, 6.07) is 5.64. The molecule has 88 valence electrons. The highest BCUT2D eigenvalue weighted by Crippen LogP contribution is 2.09. The molecule has 0 aliphatic rings. The molecule has 0 aliphatic heterocycles. The average Bonchev–Trinajstić information content (AvgIpc) is 2.82. The molecule has 0 aliphatic carbocycles. The van der Waals surface area contributed by atoms with Gasteiger partial charge in [0.1, 0.15) is 12.2 Å². The van der Waals surface area contributed by atoms with E-state index in [1.165, 1.54) is 11.9 Å². The quantitative estimate of drug-likeness (QED) is 0.836. The Kier molecular flexibility index (Phi) is 3.18. The third-order valence-electron chi connectivity index (χ3n) is 2.65. The first-order chi connectivity index (χ1) is 8.16. The van der Waals surface area contributed by atoms with Crippen molar-refractivity contribution < 1.29 is 4.79 Å². The van der Waals surface area contributed by atoms with Crippen LogP contribution in [0, 0.1) is 13.8 Å². The molecular formula is C12H14N4O. The summed E-state index contributed by atoms with van der Waals surface area (Å²) in [5.41, 5.74) is 2.95. The van der Waals surface area contributed by atoms with Gasteiger partial charge in [-0.15, -0.1) is 0 Å². The lowest BCUT2D eigenvalue weighted by Crippen LogP contribution is -2.23. The molecule has 1 aromatic carbocycles. The van der Waals surface area contributed by atoms with Crippen molar-refractivity contribution in [2.24, 2.45) is 0 Å². The number of carbonyl (C=O) groups is 1. The molecule has 0 spiro atoms. The van der Waals surface area contributed by atoms with Crippen LogP contribution in [0.2, 0.25) is 0 Å². The second-order valence-corrected chi connectivity index (χ2v) is 3.91. The highest BCUT2D eigenvalue weighted by molar-refractivity contribution is 5.94. The number of aryl methyl sites for hydroxylation is 2. The Morgan fingerprint density at radius 3 is 2.82 bits per heavy atom. The van der Waals surface area contributed by atoms with Gasteiger partial charge in [0, 0.05) is 5.56 Å². The summed E-state index contributed by atoms with van der Waals surface area (Å²) in [6.07, 6.45) is 1.41. The van der Waals surface area contributed by atoms with Crippen LogP contribution in [-0.2, 0) is 6.54 Å². The molecule has 0 bridgehead atoms. The number of H-pyrrole nitrogens is 1. The molecule has 1 heterocycles. The van der Waals surface area contributed by atoms with Crippen molar-refractivity contribution in [1.82, 2.24) is 20.5 Å². The molecule has 17 heavy (non-hydrogen) atoms. The number of benzene rings is 1. The Morgan fingerprint density at radius 1 is 1.35 bits per heavy atom. The first-order valence-electron chi connectivity index (χ1n) is 5.36. The van der Waals surface area contributed by atoms with E-state index in [0.29, 0.717) is 17.9 Å². The van der Waals surface area contributed by atoms with E-state index in [1.807, 2.05) is 32.0 Å². The van der Waals surface area contributed by atoms with Gasteiger partial charge >= 0.3 is 0 Å². The SMILES string of the molecule is Cc1ccc(C(=O)NCc2ncn[nH]2)cc1C. The van der Waals surface area contributed by atoms with E-state index < -0.39 is 0 Å². The first-order valence-corrected chi connectivity index (χ1v) is 5.36. The maximum atomic E-state index is 11.8. The number of nitrogens with zero attached hydrogens (tertiary/aromatic N) is 2. The van der Waals surface area contributed by atoms with Gasteiger partial charge in [0.15, 0.2) is 0 Å². The predicted octanol–water partition coefficient (Wildman–Crippen LogP) is 1.35. The Labute approximate surface area is 99.3 Å². The monoisotopic (exact) mass is 230 g/mol. The van der Waals surface area contributed by atoms with Crippen LogP contribution in [0.25, 0.3) is 0 Å². The van der Waals surface area contributed by atoms with Crippen molar-refractivity contribution in [3.63, 3.8) is 0 Å². The summed E-state index contributed by atoms with van der Waals surface area (Å²) in [6.45, 7) is 4.36. The highest BCUT2D eigenvalue weighted by atomic mass is 16.1. The van der Waals surface area contributed by atoms with Gasteiger partial charge in [-0.2, -0.15) is 5.10 Å². The molecule has 0 saturated carbocycles. The summed E-state index contributed by atoms with van der Waals surface area (Å²) < 4.78 is 0. The van der Waals surface area contributed by atoms with Crippen LogP contribution in [0.3, 0.4) is 0 Å². The van der Waals surface area contributed by atoms with Gasteiger partial charge < -0.3 is 5.32 Å². The van der Waals surface area contributed by atoms with Gasteiger partial charge in [0.05, 0.1) is 6.54 Å². The Balaban J connectivity index is 2.02. The number of amides is 1. The minimum absolute atomic E-state index is 0.107. The molecule has 2 rings (SSSR count). The van der Waals surface area contributed by atoms with Crippen molar-refractivity contribution >= 4 is 5.91 Å². The topological polar surface area (TPSA) is 70.7 Å². The normalized spacial score (nSPS) is 10.2. The second kappa shape index (κ2) is 4.78. The van der Waals surface area contributed by atoms with Gasteiger partial charge in [-0.3, -0.25) is 9.89 Å². The van der Waals surface area contributed by atoms with Crippen molar-refractivity contribution in [1.29, 1.82) is 0 Å². The summed E-state index contributed by atoms with van der Waals surface area (Å²) >= 11 is 0. The van der Waals surface area contributed by atoms with Crippen LogP contribution in [0.15, 0.2) is 24.5 Å². The summed E-state index contributed by atoms with van der Waals surface area (Å²) in [5.74, 6) is 0.534. The third-order valence-corrected chi connectivity index (χ3v) is 2.65. The van der Waals surface area contributed by atoms with E-state index >= 15 is 0 Å². The van der Waals surface area contributed by atoms with Crippen LogP contribution in [0.4, 0.5) is 0 Å². The van der Waals surface area contributed by atoms with E-state index in [2.05, 4.69) is 20.5 Å². The van der Waals surface area contributed by atoms with E-state index in [-0.39, 0.29) is 5.91 Å². The minimum atomic E-state index is -0.107. The number of nitrogens with one attached hydrogen (secondary N) is 2. The number of rotatable bonds is 3. The molecule has 1 amide bonds. The minimum Gasteiger partial charge on any atom is -0.345 e. The molecule has 0 unspecified atom stereocenters. The molecule has 0 fully saturated rings. The van der Waals surface area contributed by atoms with Crippen LogP contribution in [0.1, 0.15) is 27.3 Å². The van der Waals surface area contributed by atoms with Crippen molar-refractivity contribution in [2.75, 3.05) is 0 Å². The Morgan fingerprint density at radius 2 is 2.18 bits per heavy atom. The lowest BCUT2D eigenvalue weighted by molar-refractivity contribution is 0.0950. The Hall–Kier alpha value is -2.17. The van der Waals surface area contributed by atoms with Gasteiger partial charge in [-0.05, 0) is 37.1 Å².